The van der Waals surface area contributed by atoms with Crippen LogP contribution in [0.5, 0.6) is 0 Å². The van der Waals surface area contributed by atoms with Gasteiger partial charge in [0, 0.05) is 12.6 Å². The fourth-order valence-corrected chi connectivity index (χ4v) is 1.94. The van der Waals surface area contributed by atoms with E-state index in [1.807, 2.05) is 12.1 Å². The average Bonchev–Trinajstić information content (AvgIpc) is 2.34. The van der Waals surface area contributed by atoms with E-state index in [1.54, 1.807) is 12.1 Å². The number of carboxylic acids is 1. The van der Waals surface area contributed by atoms with Crippen LogP contribution in [0.4, 0.5) is 0 Å². The molecule has 1 atom stereocenters. The number of benzene rings is 1. The molecule has 0 saturated carbocycles. The third-order valence-corrected chi connectivity index (χ3v) is 2.96. The third-order valence-electron chi connectivity index (χ3n) is 2.96. The Kier molecular flexibility index (Phi) is 5.70. The van der Waals surface area contributed by atoms with Gasteiger partial charge in [-0.15, -0.1) is 0 Å². The summed E-state index contributed by atoms with van der Waals surface area (Å²) in [7, 11) is 0. The SMILES string of the molecule is CCCC(CC)NCc1ccccc1C(=O)O. The van der Waals surface area contributed by atoms with Crippen molar-refractivity contribution in [1.82, 2.24) is 5.32 Å². The smallest absolute Gasteiger partial charge is 0.336 e. The number of nitrogens with one attached hydrogen (secondary N) is 1. The molecule has 0 heterocycles. The lowest BCUT2D eigenvalue weighted by Crippen LogP contribution is -2.28. The van der Waals surface area contributed by atoms with Gasteiger partial charge in [-0.3, -0.25) is 0 Å². The maximum Gasteiger partial charge on any atom is 0.336 e. The summed E-state index contributed by atoms with van der Waals surface area (Å²) >= 11 is 0. The van der Waals surface area contributed by atoms with Gasteiger partial charge >= 0.3 is 5.97 Å². The van der Waals surface area contributed by atoms with Gasteiger partial charge in [-0.2, -0.15) is 0 Å². The molecule has 1 aromatic carbocycles. The quantitative estimate of drug-likeness (QED) is 0.763. The summed E-state index contributed by atoms with van der Waals surface area (Å²) in [5, 5.41) is 12.5. The molecule has 1 unspecified atom stereocenters. The minimum atomic E-state index is -0.856. The van der Waals surface area contributed by atoms with E-state index in [-0.39, 0.29) is 0 Å². The van der Waals surface area contributed by atoms with E-state index in [2.05, 4.69) is 19.2 Å². The number of aromatic carboxylic acids is 1. The molecule has 0 aliphatic heterocycles. The van der Waals surface area contributed by atoms with Crippen molar-refractivity contribution < 1.29 is 9.90 Å². The Labute approximate surface area is 103 Å². The standard InChI is InChI=1S/C14H21NO2/c1-3-7-12(4-2)15-10-11-8-5-6-9-13(11)14(16)17/h5-6,8-9,12,15H,3-4,7,10H2,1-2H3,(H,16,17). The van der Waals surface area contributed by atoms with Gasteiger partial charge in [-0.25, -0.2) is 4.79 Å². The number of rotatable bonds is 7. The van der Waals surface area contributed by atoms with E-state index < -0.39 is 5.97 Å². The van der Waals surface area contributed by atoms with Crippen molar-refractivity contribution in [3.8, 4) is 0 Å². The highest BCUT2D eigenvalue weighted by Gasteiger charge is 2.10. The minimum absolute atomic E-state index is 0.395. The first kappa shape index (κ1) is 13.7. The molecule has 3 heteroatoms. The number of hydrogen-bond donors (Lipinski definition) is 2. The van der Waals surface area contributed by atoms with Crippen molar-refractivity contribution >= 4 is 5.97 Å². The Balaban J connectivity index is 2.65. The van der Waals surface area contributed by atoms with Crippen LogP contribution in [0.15, 0.2) is 24.3 Å². The van der Waals surface area contributed by atoms with E-state index in [4.69, 9.17) is 5.11 Å². The monoisotopic (exact) mass is 235 g/mol. The van der Waals surface area contributed by atoms with E-state index in [0.717, 1.165) is 24.8 Å². The van der Waals surface area contributed by atoms with Crippen molar-refractivity contribution in [2.45, 2.75) is 45.7 Å². The molecule has 94 valence electrons. The summed E-state index contributed by atoms with van der Waals surface area (Å²) in [5.41, 5.74) is 1.25. The normalized spacial score (nSPS) is 12.4. The topological polar surface area (TPSA) is 49.3 Å². The molecule has 1 aromatic rings. The predicted octanol–water partition coefficient (Wildman–Crippen LogP) is 3.05. The zero-order chi connectivity index (χ0) is 12.7. The van der Waals surface area contributed by atoms with E-state index in [9.17, 15) is 4.79 Å². The third kappa shape index (κ3) is 4.19. The van der Waals surface area contributed by atoms with Crippen LogP contribution in [0.25, 0.3) is 0 Å². The molecule has 0 amide bonds. The van der Waals surface area contributed by atoms with Gasteiger partial charge < -0.3 is 10.4 Å². The molecule has 0 spiro atoms. The molecule has 0 aliphatic carbocycles. The first-order chi connectivity index (χ1) is 8.19. The second-order valence-corrected chi connectivity index (χ2v) is 4.24. The fraction of sp³-hybridized carbons (Fsp3) is 0.500. The van der Waals surface area contributed by atoms with E-state index in [0.29, 0.717) is 18.2 Å². The van der Waals surface area contributed by atoms with Crippen LogP contribution in [-0.4, -0.2) is 17.1 Å². The lowest BCUT2D eigenvalue weighted by molar-refractivity contribution is 0.0695. The van der Waals surface area contributed by atoms with Gasteiger partial charge in [0.25, 0.3) is 0 Å². The Morgan fingerprint density at radius 3 is 2.65 bits per heavy atom. The highest BCUT2D eigenvalue weighted by atomic mass is 16.4. The van der Waals surface area contributed by atoms with Crippen molar-refractivity contribution in [3.63, 3.8) is 0 Å². The van der Waals surface area contributed by atoms with Gasteiger partial charge in [0.05, 0.1) is 5.56 Å². The van der Waals surface area contributed by atoms with E-state index >= 15 is 0 Å². The largest absolute Gasteiger partial charge is 0.478 e. The molecule has 17 heavy (non-hydrogen) atoms. The lowest BCUT2D eigenvalue weighted by Gasteiger charge is -2.16. The zero-order valence-electron chi connectivity index (χ0n) is 10.6. The van der Waals surface area contributed by atoms with Gasteiger partial charge in [-0.1, -0.05) is 38.5 Å². The molecule has 0 saturated heterocycles. The average molecular weight is 235 g/mol. The number of carboxylic acid groups (broad SMARTS) is 1. The Morgan fingerprint density at radius 2 is 2.06 bits per heavy atom. The summed E-state index contributed by atoms with van der Waals surface area (Å²) in [6, 6.07) is 7.64. The molecule has 0 radical (unpaired) electrons. The second kappa shape index (κ2) is 7.07. The molecule has 0 bridgehead atoms. The minimum Gasteiger partial charge on any atom is -0.478 e. The van der Waals surface area contributed by atoms with Gasteiger partial charge in [0.1, 0.15) is 0 Å². The molecule has 0 aromatic heterocycles. The summed E-state index contributed by atoms with van der Waals surface area (Å²) in [6.45, 7) is 4.94. The zero-order valence-corrected chi connectivity index (χ0v) is 10.6. The Hall–Kier alpha value is -1.35. The summed E-state index contributed by atoms with van der Waals surface area (Å²) in [6.07, 6.45) is 3.35. The maximum atomic E-state index is 11.0. The van der Waals surface area contributed by atoms with Crippen molar-refractivity contribution in [1.29, 1.82) is 0 Å². The molecule has 0 fully saturated rings. The van der Waals surface area contributed by atoms with E-state index in [1.165, 1.54) is 0 Å². The maximum absolute atomic E-state index is 11.0. The first-order valence-corrected chi connectivity index (χ1v) is 6.23. The number of hydrogen-bond acceptors (Lipinski definition) is 2. The van der Waals surface area contributed by atoms with Crippen molar-refractivity contribution in [2.75, 3.05) is 0 Å². The summed E-state index contributed by atoms with van der Waals surface area (Å²) < 4.78 is 0. The van der Waals surface area contributed by atoms with Crippen LogP contribution in [0.3, 0.4) is 0 Å². The lowest BCUT2D eigenvalue weighted by atomic mass is 10.1. The van der Waals surface area contributed by atoms with Crippen LogP contribution in [0, 0.1) is 0 Å². The van der Waals surface area contributed by atoms with Crippen LogP contribution >= 0.6 is 0 Å². The highest BCUT2D eigenvalue weighted by molar-refractivity contribution is 5.89. The predicted molar refractivity (Wildman–Crippen MR) is 69.2 cm³/mol. The second-order valence-electron chi connectivity index (χ2n) is 4.24. The highest BCUT2D eigenvalue weighted by Crippen LogP contribution is 2.10. The molecule has 1 rings (SSSR count). The fourth-order valence-electron chi connectivity index (χ4n) is 1.94. The first-order valence-electron chi connectivity index (χ1n) is 6.23. The van der Waals surface area contributed by atoms with Crippen LogP contribution in [0.1, 0.15) is 49.0 Å². The van der Waals surface area contributed by atoms with Crippen molar-refractivity contribution in [2.24, 2.45) is 0 Å². The molecule has 0 aliphatic rings. The summed E-state index contributed by atoms with van der Waals surface area (Å²) in [4.78, 5) is 11.0. The molecule has 2 N–H and O–H groups in total. The van der Waals surface area contributed by atoms with Crippen molar-refractivity contribution in [3.05, 3.63) is 35.4 Å². The van der Waals surface area contributed by atoms with Gasteiger partial charge in [0.15, 0.2) is 0 Å². The van der Waals surface area contributed by atoms with Crippen LogP contribution < -0.4 is 5.32 Å². The van der Waals surface area contributed by atoms with Crippen LogP contribution in [0.2, 0.25) is 0 Å². The van der Waals surface area contributed by atoms with Crippen LogP contribution in [-0.2, 0) is 6.54 Å². The summed E-state index contributed by atoms with van der Waals surface area (Å²) in [5.74, 6) is -0.856. The Bertz CT molecular complexity index is 363. The number of carbonyl (C=O) groups is 1. The molecule has 3 nitrogen and oxygen atoms in total. The molecular weight excluding hydrogens is 214 g/mol. The van der Waals surface area contributed by atoms with Gasteiger partial charge in [-0.05, 0) is 24.5 Å². The Morgan fingerprint density at radius 1 is 1.35 bits per heavy atom. The molecular formula is C14H21NO2. The van der Waals surface area contributed by atoms with Gasteiger partial charge in [0.2, 0.25) is 0 Å².